The second kappa shape index (κ2) is 8.06. The highest BCUT2D eigenvalue weighted by Crippen LogP contribution is 2.16. The van der Waals surface area contributed by atoms with Crippen LogP contribution in [0.1, 0.15) is 16.1 Å². The zero-order valence-electron chi connectivity index (χ0n) is 13.6. The quantitative estimate of drug-likeness (QED) is 0.717. The lowest BCUT2D eigenvalue weighted by Gasteiger charge is -2.08. The van der Waals surface area contributed by atoms with Crippen LogP contribution < -0.4 is 10.6 Å². The highest BCUT2D eigenvalue weighted by atomic mass is 19.1. The van der Waals surface area contributed by atoms with Gasteiger partial charge in [-0.1, -0.05) is 30.3 Å². The molecule has 0 aliphatic rings. The number of pyridine rings is 1. The van der Waals surface area contributed by atoms with Gasteiger partial charge >= 0.3 is 0 Å². The minimum atomic E-state index is -0.264. The first kappa shape index (κ1) is 16.6. The van der Waals surface area contributed by atoms with Crippen LogP contribution in [0.5, 0.6) is 0 Å². The van der Waals surface area contributed by atoms with Gasteiger partial charge < -0.3 is 10.6 Å². The van der Waals surface area contributed by atoms with Crippen LogP contribution in [0.15, 0.2) is 72.9 Å². The summed E-state index contributed by atoms with van der Waals surface area (Å²) < 4.78 is 12.9. The number of hydrogen-bond donors (Lipinski definition) is 2. The first-order valence-electron chi connectivity index (χ1n) is 8.01. The summed E-state index contributed by atoms with van der Waals surface area (Å²) in [6.45, 7) is 0.461. The number of halogens is 1. The lowest BCUT2D eigenvalue weighted by molar-refractivity contribution is 0.0949. The van der Waals surface area contributed by atoms with Gasteiger partial charge in [-0.3, -0.25) is 9.78 Å². The fourth-order valence-electron chi connectivity index (χ4n) is 2.38. The molecule has 0 saturated heterocycles. The number of carbonyl (C=O) groups excluding carboxylic acids is 1. The molecule has 1 heterocycles. The molecule has 126 valence electrons. The molecule has 1 aromatic heterocycles. The molecule has 3 aromatic rings. The fraction of sp³-hybridized carbons (Fsp3) is 0.100. The van der Waals surface area contributed by atoms with E-state index in [-0.39, 0.29) is 11.7 Å². The molecule has 0 fully saturated rings. The number of aromatic nitrogens is 1. The summed E-state index contributed by atoms with van der Waals surface area (Å²) in [5, 5.41) is 6.06. The summed E-state index contributed by atoms with van der Waals surface area (Å²) >= 11 is 0. The van der Waals surface area contributed by atoms with Crippen LogP contribution in [0.2, 0.25) is 0 Å². The van der Waals surface area contributed by atoms with E-state index in [1.807, 2.05) is 36.4 Å². The Bertz CT molecular complexity index is 835. The maximum absolute atomic E-state index is 12.9. The number of rotatable bonds is 6. The minimum Gasteiger partial charge on any atom is -0.355 e. The van der Waals surface area contributed by atoms with Crippen molar-refractivity contribution in [2.45, 2.75) is 6.42 Å². The molecule has 4 nitrogen and oxygen atoms in total. The molecule has 2 N–H and O–H groups in total. The number of benzene rings is 2. The monoisotopic (exact) mass is 335 g/mol. The predicted molar refractivity (Wildman–Crippen MR) is 96.4 cm³/mol. The Balaban J connectivity index is 1.56. The SMILES string of the molecule is O=C(NCCc1ccc(F)cc1)c1cc(Nc2ccccc2)ccn1. The van der Waals surface area contributed by atoms with Gasteiger partial charge in [0.2, 0.25) is 0 Å². The molecule has 0 unspecified atom stereocenters. The van der Waals surface area contributed by atoms with Crippen molar-refractivity contribution >= 4 is 17.3 Å². The Morgan fingerprint density at radius 1 is 0.960 bits per heavy atom. The number of anilines is 2. The number of amides is 1. The van der Waals surface area contributed by atoms with Crippen LogP contribution in [0.3, 0.4) is 0 Å². The average Bonchev–Trinajstić information content (AvgIpc) is 2.64. The lowest BCUT2D eigenvalue weighted by Crippen LogP contribution is -2.26. The van der Waals surface area contributed by atoms with Crippen LogP contribution in [-0.2, 0) is 6.42 Å². The highest BCUT2D eigenvalue weighted by molar-refractivity contribution is 5.93. The van der Waals surface area contributed by atoms with Gasteiger partial charge in [-0.25, -0.2) is 4.39 Å². The zero-order valence-corrected chi connectivity index (χ0v) is 13.6. The van der Waals surface area contributed by atoms with Crippen molar-refractivity contribution in [1.82, 2.24) is 10.3 Å². The van der Waals surface area contributed by atoms with E-state index in [4.69, 9.17) is 0 Å². The van der Waals surface area contributed by atoms with Gasteiger partial charge in [-0.05, 0) is 48.4 Å². The van der Waals surface area contributed by atoms with E-state index in [1.165, 1.54) is 12.1 Å². The maximum atomic E-state index is 12.9. The molecule has 0 bridgehead atoms. The van der Waals surface area contributed by atoms with Gasteiger partial charge in [0, 0.05) is 24.1 Å². The van der Waals surface area contributed by atoms with Crippen LogP contribution in [0.4, 0.5) is 15.8 Å². The highest BCUT2D eigenvalue weighted by Gasteiger charge is 2.07. The Kier molecular flexibility index (Phi) is 5.36. The molecule has 0 saturated carbocycles. The van der Waals surface area contributed by atoms with Crippen molar-refractivity contribution in [1.29, 1.82) is 0 Å². The van der Waals surface area contributed by atoms with E-state index in [1.54, 1.807) is 24.4 Å². The Hall–Kier alpha value is -3.21. The summed E-state index contributed by atoms with van der Waals surface area (Å²) in [7, 11) is 0. The summed E-state index contributed by atoms with van der Waals surface area (Å²) in [5.41, 5.74) is 3.05. The molecule has 1 amide bonds. The van der Waals surface area contributed by atoms with Crippen LogP contribution >= 0.6 is 0 Å². The van der Waals surface area contributed by atoms with E-state index in [0.29, 0.717) is 18.7 Å². The molecule has 0 aliphatic carbocycles. The van der Waals surface area contributed by atoms with Crippen molar-refractivity contribution in [3.8, 4) is 0 Å². The Morgan fingerprint density at radius 3 is 2.48 bits per heavy atom. The predicted octanol–water partition coefficient (Wildman–Crippen LogP) is 3.94. The number of hydrogen-bond acceptors (Lipinski definition) is 3. The maximum Gasteiger partial charge on any atom is 0.269 e. The van der Waals surface area contributed by atoms with E-state index >= 15 is 0 Å². The molecular weight excluding hydrogens is 317 g/mol. The Labute approximate surface area is 145 Å². The van der Waals surface area contributed by atoms with Crippen molar-refractivity contribution in [2.75, 3.05) is 11.9 Å². The van der Waals surface area contributed by atoms with E-state index in [9.17, 15) is 9.18 Å². The number of carbonyl (C=O) groups is 1. The molecular formula is C20H18FN3O. The first-order chi connectivity index (χ1) is 12.2. The summed E-state index contributed by atoms with van der Waals surface area (Å²) in [4.78, 5) is 16.3. The minimum absolute atomic E-state index is 0.237. The Morgan fingerprint density at radius 2 is 1.72 bits per heavy atom. The summed E-state index contributed by atoms with van der Waals surface area (Å²) in [6.07, 6.45) is 2.23. The van der Waals surface area contributed by atoms with E-state index in [2.05, 4.69) is 15.6 Å². The summed E-state index contributed by atoms with van der Waals surface area (Å²) in [6, 6.07) is 19.5. The van der Waals surface area contributed by atoms with Crippen molar-refractivity contribution in [3.63, 3.8) is 0 Å². The van der Waals surface area contributed by atoms with Crippen LogP contribution in [-0.4, -0.2) is 17.4 Å². The standard InChI is InChI=1S/C20H18FN3O/c21-16-8-6-15(7-9-16)10-12-23-20(25)19-14-18(11-13-22-19)24-17-4-2-1-3-5-17/h1-9,11,13-14H,10,12H2,(H,22,24)(H,23,25). The molecule has 25 heavy (non-hydrogen) atoms. The molecule has 0 radical (unpaired) electrons. The average molecular weight is 335 g/mol. The largest absolute Gasteiger partial charge is 0.355 e. The second-order valence-electron chi connectivity index (χ2n) is 5.55. The van der Waals surface area contributed by atoms with Gasteiger partial charge in [-0.2, -0.15) is 0 Å². The third kappa shape index (κ3) is 4.88. The fourth-order valence-corrected chi connectivity index (χ4v) is 2.38. The third-order valence-electron chi connectivity index (χ3n) is 3.67. The number of para-hydroxylation sites is 1. The van der Waals surface area contributed by atoms with Gasteiger partial charge in [0.1, 0.15) is 11.5 Å². The number of nitrogens with one attached hydrogen (secondary N) is 2. The van der Waals surface area contributed by atoms with E-state index < -0.39 is 0 Å². The normalized spacial score (nSPS) is 10.3. The molecule has 3 rings (SSSR count). The van der Waals surface area contributed by atoms with Gasteiger partial charge in [0.25, 0.3) is 5.91 Å². The molecule has 0 atom stereocenters. The first-order valence-corrected chi connectivity index (χ1v) is 8.01. The number of nitrogens with zero attached hydrogens (tertiary/aromatic N) is 1. The topological polar surface area (TPSA) is 54.0 Å². The molecule has 2 aromatic carbocycles. The van der Waals surface area contributed by atoms with Crippen LogP contribution in [0.25, 0.3) is 0 Å². The van der Waals surface area contributed by atoms with Crippen LogP contribution in [0, 0.1) is 5.82 Å². The third-order valence-corrected chi connectivity index (χ3v) is 3.67. The van der Waals surface area contributed by atoms with E-state index in [0.717, 1.165) is 16.9 Å². The van der Waals surface area contributed by atoms with Crippen molar-refractivity contribution in [3.05, 3.63) is 90.0 Å². The summed E-state index contributed by atoms with van der Waals surface area (Å²) in [5.74, 6) is -0.501. The van der Waals surface area contributed by atoms with Gasteiger partial charge in [0.05, 0.1) is 0 Å². The van der Waals surface area contributed by atoms with Crippen molar-refractivity contribution < 1.29 is 9.18 Å². The molecule has 0 spiro atoms. The molecule has 0 aliphatic heterocycles. The molecule has 5 heteroatoms. The van der Waals surface area contributed by atoms with Crippen molar-refractivity contribution in [2.24, 2.45) is 0 Å². The zero-order chi connectivity index (χ0) is 17.5. The van der Waals surface area contributed by atoms with Gasteiger partial charge in [0.15, 0.2) is 0 Å². The second-order valence-corrected chi connectivity index (χ2v) is 5.55. The lowest BCUT2D eigenvalue weighted by atomic mass is 10.1. The smallest absolute Gasteiger partial charge is 0.269 e. The van der Waals surface area contributed by atoms with Gasteiger partial charge in [-0.15, -0.1) is 0 Å².